The van der Waals surface area contributed by atoms with Crippen molar-refractivity contribution in [2.75, 3.05) is 18.0 Å². The van der Waals surface area contributed by atoms with Crippen molar-refractivity contribution in [3.8, 4) is 0 Å². The second-order valence-electron chi connectivity index (χ2n) is 6.08. The number of furan rings is 1. The zero-order chi connectivity index (χ0) is 19.3. The Balaban J connectivity index is 0.000000260. The van der Waals surface area contributed by atoms with Gasteiger partial charge in [-0.15, -0.1) is 0 Å². The second kappa shape index (κ2) is 8.48. The molecule has 0 amide bonds. The van der Waals surface area contributed by atoms with E-state index in [0.29, 0.717) is 24.2 Å². The highest BCUT2D eigenvalue weighted by Crippen LogP contribution is 2.31. The minimum absolute atomic E-state index is 0.211. The Bertz CT molecular complexity index is 801. The number of hydrogen-bond donors (Lipinski definition) is 3. The van der Waals surface area contributed by atoms with Gasteiger partial charge in [-0.05, 0) is 26.0 Å². The molecule has 0 saturated carbocycles. The molecule has 1 aromatic heterocycles. The van der Waals surface area contributed by atoms with Crippen molar-refractivity contribution < 1.29 is 28.6 Å². The predicted octanol–water partition coefficient (Wildman–Crippen LogP) is 2.47. The minimum atomic E-state index is -1.26. The molecule has 1 aliphatic rings. The first-order valence-corrected chi connectivity index (χ1v) is 8.08. The smallest absolute Gasteiger partial charge is 0.328 e. The SMILES string of the molecule is C[C@H]1CN(c2cc(F)cc3ccoc23)[C@@H](C)CN1.O=C(O)/C=C/C(=O)O. The van der Waals surface area contributed by atoms with Crippen molar-refractivity contribution in [1.82, 2.24) is 5.32 Å². The number of carboxylic acid groups (broad SMARTS) is 2. The van der Waals surface area contributed by atoms with Gasteiger partial charge in [-0.2, -0.15) is 0 Å². The number of hydrogen-bond acceptors (Lipinski definition) is 5. The Morgan fingerprint density at radius 3 is 2.54 bits per heavy atom. The van der Waals surface area contributed by atoms with Crippen molar-refractivity contribution in [2.24, 2.45) is 0 Å². The molecule has 1 saturated heterocycles. The van der Waals surface area contributed by atoms with Gasteiger partial charge in [0.1, 0.15) is 5.82 Å². The molecule has 2 heterocycles. The fourth-order valence-corrected chi connectivity index (χ4v) is 2.74. The van der Waals surface area contributed by atoms with E-state index in [1.807, 2.05) is 0 Å². The average molecular weight is 364 g/mol. The first-order valence-electron chi connectivity index (χ1n) is 8.08. The Morgan fingerprint density at radius 2 is 1.92 bits per heavy atom. The minimum Gasteiger partial charge on any atom is -0.478 e. The molecule has 7 nitrogen and oxygen atoms in total. The predicted molar refractivity (Wildman–Crippen MR) is 94.9 cm³/mol. The lowest BCUT2D eigenvalue weighted by atomic mass is 10.1. The third kappa shape index (κ3) is 5.06. The van der Waals surface area contributed by atoms with Crippen molar-refractivity contribution in [3.05, 3.63) is 42.4 Å². The van der Waals surface area contributed by atoms with Crippen molar-refractivity contribution in [1.29, 1.82) is 0 Å². The van der Waals surface area contributed by atoms with Crippen LogP contribution in [0.5, 0.6) is 0 Å². The number of carboxylic acids is 2. The average Bonchev–Trinajstić information content (AvgIpc) is 3.03. The normalized spacial score (nSPS) is 20.0. The van der Waals surface area contributed by atoms with Crippen LogP contribution in [0.2, 0.25) is 0 Å². The first kappa shape index (κ1) is 19.5. The summed E-state index contributed by atoms with van der Waals surface area (Å²) in [7, 11) is 0. The van der Waals surface area contributed by atoms with Gasteiger partial charge in [0.15, 0.2) is 5.58 Å². The van der Waals surface area contributed by atoms with Crippen LogP contribution < -0.4 is 10.2 Å². The van der Waals surface area contributed by atoms with Gasteiger partial charge < -0.3 is 24.8 Å². The third-order valence-corrected chi connectivity index (χ3v) is 3.94. The highest BCUT2D eigenvalue weighted by Gasteiger charge is 2.25. The summed E-state index contributed by atoms with van der Waals surface area (Å²) >= 11 is 0. The quantitative estimate of drug-likeness (QED) is 0.719. The van der Waals surface area contributed by atoms with Crippen LogP contribution in [0.15, 0.2) is 41.0 Å². The highest BCUT2D eigenvalue weighted by molar-refractivity contribution is 5.90. The fourth-order valence-electron chi connectivity index (χ4n) is 2.74. The number of rotatable bonds is 3. The molecule has 26 heavy (non-hydrogen) atoms. The topological polar surface area (TPSA) is 103 Å². The van der Waals surface area contributed by atoms with Gasteiger partial charge in [-0.3, -0.25) is 0 Å². The number of benzene rings is 1. The van der Waals surface area contributed by atoms with E-state index in [1.165, 1.54) is 6.07 Å². The maximum atomic E-state index is 13.7. The number of halogens is 1. The van der Waals surface area contributed by atoms with Gasteiger partial charge in [0, 0.05) is 48.8 Å². The van der Waals surface area contributed by atoms with Crippen LogP contribution in [0.4, 0.5) is 10.1 Å². The van der Waals surface area contributed by atoms with Crippen molar-refractivity contribution in [3.63, 3.8) is 0 Å². The number of nitrogens with zero attached hydrogens (tertiary/aromatic N) is 1. The summed E-state index contributed by atoms with van der Waals surface area (Å²) in [4.78, 5) is 21.3. The molecule has 0 aliphatic carbocycles. The molecule has 2 atom stereocenters. The number of piperazine rings is 1. The summed E-state index contributed by atoms with van der Waals surface area (Å²) in [6.45, 7) is 6.04. The summed E-state index contributed by atoms with van der Waals surface area (Å²) in [5.74, 6) is -2.72. The molecular weight excluding hydrogens is 343 g/mol. The molecule has 3 rings (SSSR count). The molecule has 0 unspecified atom stereocenters. The Labute approximate surface area is 149 Å². The van der Waals surface area contributed by atoms with Crippen LogP contribution in [-0.2, 0) is 9.59 Å². The summed E-state index contributed by atoms with van der Waals surface area (Å²) in [5.41, 5.74) is 1.63. The van der Waals surface area contributed by atoms with Crippen LogP contribution in [0, 0.1) is 5.82 Å². The zero-order valence-corrected chi connectivity index (χ0v) is 14.5. The van der Waals surface area contributed by atoms with Crippen LogP contribution in [0.25, 0.3) is 11.0 Å². The van der Waals surface area contributed by atoms with E-state index in [1.54, 1.807) is 18.4 Å². The first-order chi connectivity index (χ1) is 12.3. The lowest BCUT2D eigenvalue weighted by Crippen LogP contribution is -2.54. The van der Waals surface area contributed by atoms with Gasteiger partial charge in [0.2, 0.25) is 0 Å². The molecule has 140 valence electrons. The molecule has 0 spiro atoms. The molecule has 3 N–H and O–H groups in total. The maximum Gasteiger partial charge on any atom is 0.328 e. The van der Waals surface area contributed by atoms with Gasteiger partial charge in [-0.1, -0.05) is 0 Å². The van der Waals surface area contributed by atoms with Crippen molar-refractivity contribution in [2.45, 2.75) is 25.9 Å². The third-order valence-electron chi connectivity index (χ3n) is 3.94. The van der Waals surface area contributed by atoms with Crippen LogP contribution in [0.3, 0.4) is 0 Å². The molecule has 1 aromatic carbocycles. The van der Waals surface area contributed by atoms with E-state index in [0.717, 1.165) is 29.7 Å². The fraction of sp³-hybridized carbons (Fsp3) is 0.333. The molecule has 8 heteroatoms. The molecule has 2 aromatic rings. The van der Waals surface area contributed by atoms with Gasteiger partial charge in [0.25, 0.3) is 0 Å². The van der Waals surface area contributed by atoms with Crippen molar-refractivity contribution >= 4 is 28.6 Å². The summed E-state index contributed by atoms with van der Waals surface area (Å²) in [6, 6.07) is 5.61. The van der Waals surface area contributed by atoms with E-state index < -0.39 is 11.9 Å². The van der Waals surface area contributed by atoms with Crippen LogP contribution in [-0.4, -0.2) is 47.3 Å². The van der Waals surface area contributed by atoms with E-state index in [9.17, 15) is 14.0 Å². The second-order valence-corrected chi connectivity index (χ2v) is 6.08. The number of anilines is 1. The summed E-state index contributed by atoms with van der Waals surface area (Å²) in [5, 5.41) is 19.9. The number of aliphatic carboxylic acids is 2. The van der Waals surface area contributed by atoms with Gasteiger partial charge >= 0.3 is 11.9 Å². The zero-order valence-electron chi connectivity index (χ0n) is 14.5. The van der Waals surface area contributed by atoms with Crippen LogP contribution in [0.1, 0.15) is 13.8 Å². The molecule has 0 radical (unpaired) electrons. The Morgan fingerprint density at radius 1 is 1.27 bits per heavy atom. The highest BCUT2D eigenvalue weighted by atomic mass is 19.1. The summed E-state index contributed by atoms with van der Waals surface area (Å²) < 4.78 is 19.2. The van der Waals surface area contributed by atoms with E-state index in [4.69, 9.17) is 14.6 Å². The number of carbonyl (C=O) groups is 2. The van der Waals surface area contributed by atoms with Crippen LogP contribution >= 0.6 is 0 Å². The Kier molecular flexibility index (Phi) is 6.35. The lowest BCUT2D eigenvalue weighted by Gasteiger charge is -2.39. The van der Waals surface area contributed by atoms with Gasteiger partial charge in [-0.25, -0.2) is 14.0 Å². The molecule has 0 bridgehead atoms. The molecule has 1 fully saturated rings. The van der Waals surface area contributed by atoms with Gasteiger partial charge in [0.05, 0.1) is 12.0 Å². The van der Waals surface area contributed by atoms with E-state index >= 15 is 0 Å². The number of nitrogens with one attached hydrogen (secondary N) is 1. The maximum absolute atomic E-state index is 13.7. The monoisotopic (exact) mass is 364 g/mol. The standard InChI is InChI=1S/C14H17FN2O.C4H4O4/c1-9-8-17(10(2)7-16-9)13-6-12(15)5-11-3-4-18-14(11)13;5-3(6)1-2-4(7)8/h3-6,9-10,16H,7-8H2,1-2H3;1-2H,(H,5,6)(H,7,8)/b;2-1+/t9-,10-;/m0./s1. The van der Waals surface area contributed by atoms with E-state index in [2.05, 4.69) is 24.1 Å². The Hall–Kier alpha value is -2.87. The molecular formula is C18H21FN2O5. The lowest BCUT2D eigenvalue weighted by molar-refractivity contribution is -0.134. The number of fused-ring (bicyclic) bond motifs is 1. The molecule has 1 aliphatic heterocycles. The largest absolute Gasteiger partial charge is 0.478 e. The summed E-state index contributed by atoms with van der Waals surface area (Å²) in [6.07, 6.45) is 2.73. The van der Waals surface area contributed by atoms with E-state index in [-0.39, 0.29) is 5.82 Å².